The monoisotopic (exact) mass is 218 g/mol. The molecule has 2 nitrogen and oxygen atoms in total. The van der Waals surface area contributed by atoms with Gasteiger partial charge in [-0.1, -0.05) is 19.1 Å². The van der Waals surface area contributed by atoms with Gasteiger partial charge in [0.15, 0.2) is 0 Å². The molecule has 0 saturated carbocycles. The summed E-state index contributed by atoms with van der Waals surface area (Å²) in [6, 6.07) is 0. The topological polar surface area (TPSA) is 6.48 Å². The lowest BCUT2D eigenvalue weighted by atomic mass is 10.3. The first-order chi connectivity index (χ1) is 6.70. The van der Waals surface area contributed by atoms with E-state index in [0.717, 1.165) is 19.6 Å². The lowest BCUT2D eigenvalue weighted by molar-refractivity contribution is 0.289. The van der Waals surface area contributed by atoms with E-state index in [1.807, 2.05) is 6.08 Å². The Balaban J connectivity index is 3.52. The van der Waals surface area contributed by atoms with Crippen molar-refractivity contribution in [3.05, 3.63) is 12.2 Å². The zero-order chi connectivity index (χ0) is 10.8. The maximum Gasteiger partial charge on any atom is 0.0404 e. The predicted octanol–water partition coefficient (Wildman–Crippen LogP) is 2.06. The van der Waals surface area contributed by atoms with Crippen LogP contribution in [0.1, 0.15) is 13.3 Å². The van der Waals surface area contributed by atoms with E-state index < -0.39 is 0 Å². The molecule has 0 atom stereocenters. The Labute approximate surface area is 93.5 Å². The van der Waals surface area contributed by atoms with Crippen molar-refractivity contribution >= 4 is 11.6 Å². The minimum absolute atomic E-state index is 0.620. The van der Waals surface area contributed by atoms with Gasteiger partial charge in [0, 0.05) is 12.4 Å². The molecule has 14 heavy (non-hydrogen) atoms. The number of nitrogens with zero attached hydrogens (tertiary/aromatic N) is 2. The van der Waals surface area contributed by atoms with Gasteiger partial charge in [-0.3, -0.25) is 4.90 Å². The number of likely N-dealkylation sites (N-methyl/N-ethyl adjacent to an activating group) is 1. The standard InChI is InChI=1S/C11H23ClN2/c1-4-14(10-6-5-8-12)11-7-9-13(2)3/h5-6H,4,7-11H2,1-3H3/b6-5+. The number of alkyl halides is 1. The van der Waals surface area contributed by atoms with Gasteiger partial charge in [-0.2, -0.15) is 0 Å². The van der Waals surface area contributed by atoms with Gasteiger partial charge in [0.25, 0.3) is 0 Å². The van der Waals surface area contributed by atoms with E-state index in [-0.39, 0.29) is 0 Å². The van der Waals surface area contributed by atoms with Crippen LogP contribution in [-0.4, -0.2) is 56.0 Å². The second kappa shape index (κ2) is 9.50. The van der Waals surface area contributed by atoms with Crippen molar-refractivity contribution in [2.45, 2.75) is 13.3 Å². The fourth-order valence-electron chi connectivity index (χ4n) is 1.28. The van der Waals surface area contributed by atoms with Crippen molar-refractivity contribution in [3.63, 3.8) is 0 Å². The van der Waals surface area contributed by atoms with Gasteiger partial charge >= 0.3 is 0 Å². The van der Waals surface area contributed by atoms with Crippen LogP contribution in [0.3, 0.4) is 0 Å². The molecular weight excluding hydrogens is 196 g/mol. The van der Waals surface area contributed by atoms with Crippen molar-refractivity contribution in [2.75, 3.05) is 46.2 Å². The van der Waals surface area contributed by atoms with Crippen LogP contribution in [0, 0.1) is 0 Å². The Morgan fingerprint density at radius 1 is 1.14 bits per heavy atom. The van der Waals surface area contributed by atoms with E-state index in [4.69, 9.17) is 11.6 Å². The van der Waals surface area contributed by atoms with Crippen LogP contribution in [0.4, 0.5) is 0 Å². The van der Waals surface area contributed by atoms with E-state index in [9.17, 15) is 0 Å². The van der Waals surface area contributed by atoms with Crippen LogP contribution in [0.15, 0.2) is 12.2 Å². The third kappa shape index (κ3) is 8.54. The molecule has 0 aliphatic heterocycles. The quantitative estimate of drug-likeness (QED) is 0.455. The first-order valence-electron chi connectivity index (χ1n) is 5.28. The fraction of sp³-hybridized carbons (Fsp3) is 0.818. The molecule has 0 radical (unpaired) electrons. The summed E-state index contributed by atoms with van der Waals surface area (Å²) in [6.45, 7) is 6.66. The molecule has 0 unspecified atom stereocenters. The van der Waals surface area contributed by atoms with E-state index in [0.29, 0.717) is 5.88 Å². The third-order valence-corrected chi connectivity index (χ3v) is 2.32. The van der Waals surface area contributed by atoms with E-state index >= 15 is 0 Å². The molecule has 0 aromatic rings. The number of hydrogen-bond acceptors (Lipinski definition) is 2. The van der Waals surface area contributed by atoms with Crippen LogP contribution in [0.2, 0.25) is 0 Å². The van der Waals surface area contributed by atoms with Crippen molar-refractivity contribution in [1.82, 2.24) is 9.80 Å². The van der Waals surface area contributed by atoms with Crippen LogP contribution in [-0.2, 0) is 0 Å². The molecule has 0 bridgehead atoms. The highest BCUT2D eigenvalue weighted by Crippen LogP contribution is 1.93. The Bertz CT molecular complexity index is 146. The van der Waals surface area contributed by atoms with Crippen molar-refractivity contribution in [1.29, 1.82) is 0 Å². The van der Waals surface area contributed by atoms with Crippen LogP contribution in [0.25, 0.3) is 0 Å². The average Bonchev–Trinajstić information content (AvgIpc) is 2.15. The van der Waals surface area contributed by atoms with Gasteiger partial charge in [0.2, 0.25) is 0 Å². The SMILES string of the molecule is CCN(C/C=C/CCl)CCCN(C)C. The number of hydrogen-bond donors (Lipinski definition) is 0. The molecule has 84 valence electrons. The minimum atomic E-state index is 0.620. The Morgan fingerprint density at radius 3 is 2.36 bits per heavy atom. The van der Waals surface area contributed by atoms with Gasteiger partial charge in [0.1, 0.15) is 0 Å². The highest BCUT2D eigenvalue weighted by molar-refractivity contribution is 6.18. The Kier molecular flexibility index (Phi) is 9.47. The summed E-state index contributed by atoms with van der Waals surface area (Å²) < 4.78 is 0. The highest BCUT2D eigenvalue weighted by Gasteiger charge is 1.99. The number of rotatable bonds is 8. The second-order valence-electron chi connectivity index (χ2n) is 3.68. The Hall–Kier alpha value is -0.0500. The number of allylic oxidation sites excluding steroid dienone is 1. The molecule has 0 N–H and O–H groups in total. The van der Waals surface area contributed by atoms with Crippen molar-refractivity contribution in [3.8, 4) is 0 Å². The normalized spacial score (nSPS) is 12.1. The van der Waals surface area contributed by atoms with Crippen LogP contribution < -0.4 is 0 Å². The summed E-state index contributed by atoms with van der Waals surface area (Å²) in [6.07, 6.45) is 5.39. The maximum absolute atomic E-state index is 5.56. The summed E-state index contributed by atoms with van der Waals surface area (Å²) in [7, 11) is 4.23. The van der Waals surface area contributed by atoms with E-state index in [1.54, 1.807) is 0 Å². The van der Waals surface area contributed by atoms with Gasteiger partial charge in [-0.05, 0) is 40.2 Å². The van der Waals surface area contributed by atoms with Crippen LogP contribution in [0.5, 0.6) is 0 Å². The molecule has 0 saturated heterocycles. The van der Waals surface area contributed by atoms with Crippen LogP contribution >= 0.6 is 11.6 Å². The summed E-state index contributed by atoms with van der Waals surface area (Å²) in [5, 5.41) is 0. The van der Waals surface area contributed by atoms with Gasteiger partial charge in [-0.15, -0.1) is 11.6 Å². The second-order valence-corrected chi connectivity index (χ2v) is 3.98. The van der Waals surface area contributed by atoms with E-state index in [2.05, 4.69) is 36.9 Å². The lowest BCUT2D eigenvalue weighted by Gasteiger charge is -2.19. The molecule has 0 fully saturated rings. The van der Waals surface area contributed by atoms with Gasteiger partial charge < -0.3 is 4.90 Å². The molecule has 0 amide bonds. The number of halogens is 1. The zero-order valence-corrected chi connectivity index (χ0v) is 10.4. The molecule has 3 heteroatoms. The molecule has 0 heterocycles. The first-order valence-corrected chi connectivity index (χ1v) is 5.82. The highest BCUT2D eigenvalue weighted by atomic mass is 35.5. The molecule has 0 spiro atoms. The van der Waals surface area contributed by atoms with Crippen molar-refractivity contribution in [2.24, 2.45) is 0 Å². The lowest BCUT2D eigenvalue weighted by Crippen LogP contribution is -2.27. The molecule has 0 aromatic carbocycles. The summed E-state index contributed by atoms with van der Waals surface area (Å²) >= 11 is 5.56. The summed E-state index contributed by atoms with van der Waals surface area (Å²) in [4.78, 5) is 4.65. The molecule has 0 rings (SSSR count). The average molecular weight is 219 g/mol. The molecule has 0 aliphatic carbocycles. The summed E-state index contributed by atoms with van der Waals surface area (Å²) in [5.74, 6) is 0.620. The first kappa shape index (κ1) is 13.9. The summed E-state index contributed by atoms with van der Waals surface area (Å²) in [5.41, 5.74) is 0. The van der Waals surface area contributed by atoms with E-state index in [1.165, 1.54) is 13.0 Å². The third-order valence-electron chi connectivity index (χ3n) is 2.15. The largest absolute Gasteiger partial charge is 0.309 e. The molecular formula is C11H23ClN2. The van der Waals surface area contributed by atoms with Crippen molar-refractivity contribution < 1.29 is 0 Å². The maximum atomic E-state index is 5.56. The smallest absolute Gasteiger partial charge is 0.0404 e. The van der Waals surface area contributed by atoms with Gasteiger partial charge in [0.05, 0.1) is 0 Å². The Morgan fingerprint density at radius 2 is 1.86 bits per heavy atom. The fourth-order valence-corrected chi connectivity index (χ4v) is 1.40. The zero-order valence-electron chi connectivity index (χ0n) is 9.67. The van der Waals surface area contributed by atoms with Gasteiger partial charge in [-0.25, -0.2) is 0 Å². The molecule has 0 aromatic heterocycles. The predicted molar refractivity (Wildman–Crippen MR) is 65.1 cm³/mol. The minimum Gasteiger partial charge on any atom is -0.309 e. The molecule has 0 aliphatic rings.